The summed E-state index contributed by atoms with van der Waals surface area (Å²) in [5.41, 5.74) is 5.26. The van der Waals surface area contributed by atoms with E-state index in [1.165, 1.54) is 11.3 Å². The minimum Gasteiger partial charge on any atom is -0.484 e. The molecule has 0 saturated carbocycles. The molecule has 162 valence electrons. The van der Waals surface area contributed by atoms with Gasteiger partial charge in [-0.1, -0.05) is 39.7 Å². The first kappa shape index (κ1) is 23.0. The molecular weight excluding hydrogens is 478 g/mol. The Morgan fingerprint density at radius 2 is 1.81 bits per heavy atom. The van der Waals surface area contributed by atoms with E-state index in [9.17, 15) is 9.59 Å². The van der Waals surface area contributed by atoms with Gasteiger partial charge >= 0.3 is 5.97 Å². The van der Waals surface area contributed by atoms with Crippen LogP contribution in [0.15, 0.2) is 46.3 Å². The van der Waals surface area contributed by atoms with Crippen LogP contribution in [0, 0.1) is 20.8 Å². The molecular formula is C24H24BrNO4S. The first-order valence-electron chi connectivity index (χ1n) is 9.85. The van der Waals surface area contributed by atoms with E-state index in [0.29, 0.717) is 16.3 Å². The Morgan fingerprint density at radius 1 is 1.03 bits per heavy atom. The van der Waals surface area contributed by atoms with Crippen LogP contribution in [-0.4, -0.2) is 25.1 Å². The smallest absolute Gasteiger partial charge is 0.341 e. The van der Waals surface area contributed by atoms with Crippen LogP contribution in [0.1, 0.15) is 34.0 Å². The summed E-state index contributed by atoms with van der Waals surface area (Å²) in [7, 11) is 0. The summed E-state index contributed by atoms with van der Waals surface area (Å²) >= 11 is 4.74. The number of rotatable bonds is 7. The van der Waals surface area contributed by atoms with E-state index in [1.54, 1.807) is 13.0 Å². The number of anilines is 1. The van der Waals surface area contributed by atoms with Gasteiger partial charge in [0.05, 0.1) is 6.61 Å². The van der Waals surface area contributed by atoms with Gasteiger partial charge < -0.3 is 14.8 Å². The molecule has 0 spiro atoms. The summed E-state index contributed by atoms with van der Waals surface area (Å²) in [6.45, 7) is 7.81. The monoisotopic (exact) mass is 501 g/mol. The molecule has 0 aliphatic heterocycles. The largest absolute Gasteiger partial charge is 0.484 e. The van der Waals surface area contributed by atoms with E-state index >= 15 is 0 Å². The Balaban J connectivity index is 1.83. The van der Waals surface area contributed by atoms with Crippen molar-refractivity contribution in [3.05, 3.63) is 68.5 Å². The van der Waals surface area contributed by atoms with Gasteiger partial charge in [0.25, 0.3) is 5.91 Å². The van der Waals surface area contributed by atoms with Crippen LogP contribution in [0.5, 0.6) is 5.75 Å². The highest BCUT2D eigenvalue weighted by Crippen LogP contribution is 2.38. The summed E-state index contributed by atoms with van der Waals surface area (Å²) in [6, 6.07) is 11.6. The molecule has 0 saturated heterocycles. The van der Waals surface area contributed by atoms with E-state index < -0.39 is 5.97 Å². The first-order valence-corrected chi connectivity index (χ1v) is 11.5. The molecule has 0 radical (unpaired) electrons. The van der Waals surface area contributed by atoms with Crippen molar-refractivity contribution in [2.75, 3.05) is 18.5 Å². The molecule has 1 aromatic heterocycles. The number of aryl methyl sites for hydroxylation is 3. The van der Waals surface area contributed by atoms with Crippen LogP contribution in [-0.2, 0) is 9.53 Å². The number of ether oxygens (including phenoxy) is 2. The summed E-state index contributed by atoms with van der Waals surface area (Å²) in [6.07, 6.45) is 0. The normalized spacial score (nSPS) is 10.6. The van der Waals surface area contributed by atoms with Crippen LogP contribution in [0.4, 0.5) is 5.00 Å². The van der Waals surface area contributed by atoms with Gasteiger partial charge in [0.1, 0.15) is 16.3 Å². The van der Waals surface area contributed by atoms with Gasteiger partial charge in [0.2, 0.25) is 0 Å². The molecule has 0 aliphatic rings. The molecule has 3 rings (SSSR count). The maximum absolute atomic E-state index is 12.7. The van der Waals surface area contributed by atoms with Crippen molar-refractivity contribution in [1.82, 2.24) is 0 Å². The third kappa shape index (κ3) is 5.54. The standard InChI is InChI=1S/C24H24BrNO4S/c1-5-29-24(28)22-19(18-8-6-14(2)10-15(18)3)13-31-23(22)26-21(27)12-30-17-7-9-20(25)16(4)11-17/h6-11,13H,5,12H2,1-4H3,(H,26,27). The van der Waals surface area contributed by atoms with Crippen LogP contribution in [0.25, 0.3) is 11.1 Å². The van der Waals surface area contributed by atoms with E-state index in [-0.39, 0.29) is 19.1 Å². The Kier molecular flexibility index (Phi) is 7.51. The lowest BCUT2D eigenvalue weighted by Crippen LogP contribution is -2.21. The molecule has 3 aromatic rings. The van der Waals surface area contributed by atoms with Gasteiger partial charge in [-0.2, -0.15) is 0 Å². The minimum atomic E-state index is -0.460. The van der Waals surface area contributed by atoms with Gasteiger partial charge in [-0.25, -0.2) is 4.79 Å². The van der Waals surface area contributed by atoms with Crippen molar-refractivity contribution in [2.24, 2.45) is 0 Å². The fourth-order valence-electron chi connectivity index (χ4n) is 3.19. The summed E-state index contributed by atoms with van der Waals surface area (Å²) in [5.74, 6) is -0.206. The minimum absolute atomic E-state index is 0.167. The average molecular weight is 502 g/mol. The van der Waals surface area contributed by atoms with Gasteiger partial charge in [0, 0.05) is 15.4 Å². The second kappa shape index (κ2) is 10.1. The number of benzene rings is 2. The molecule has 31 heavy (non-hydrogen) atoms. The SMILES string of the molecule is CCOC(=O)c1c(-c2ccc(C)cc2C)csc1NC(=O)COc1ccc(Br)c(C)c1. The lowest BCUT2D eigenvalue weighted by molar-refractivity contribution is -0.118. The lowest BCUT2D eigenvalue weighted by atomic mass is 9.97. The quantitative estimate of drug-likeness (QED) is 0.386. The number of esters is 1. The molecule has 0 bridgehead atoms. The zero-order chi connectivity index (χ0) is 22.5. The molecule has 1 N–H and O–H groups in total. The van der Waals surface area contributed by atoms with Crippen LogP contribution in [0.2, 0.25) is 0 Å². The van der Waals surface area contributed by atoms with Gasteiger partial charge in [-0.05, 0) is 62.6 Å². The molecule has 0 aliphatic carbocycles. The maximum Gasteiger partial charge on any atom is 0.341 e. The zero-order valence-electron chi connectivity index (χ0n) is 17.9. The number of hydrogen-bond acceptors (Lipinski definition) is 5. The second-order valence-corrected chi connectivity index (χ2v) is 8.87. The fraction of sp³-hybridized carbons (Fsp3) is 0.250. The number of carbonyl (C=O) groups excluding carboxylic acids is 2. The number of thiophene rings is 1. The summed E-state index contributed by atoms with van der Waals surface area (Å²) in [5, 5.41) is 5.14. The van der Waals surface area contributed by atoms with E-state index in [4.69, 9.17) is 9.47 Å². The molecule has 5 nitrogen and oxygen atoms in total. The number of amides is 1. The van der Waals surface area contributed by atoms with Crippen molar-refractivity contribution in [3.63, 3.8) is 0 Å². The molecule has 7 heteroatoms. The van der Waals surface area contributed by atoms with Crippen molar-refractivity contribution in [3.8, 4) is 16.9 Å². The lowest BCUT2D eigenvalue weighted by Gasteiger charge is -2.11. The second-order valence-electron chi connectivity index (χ2n) is 7.14. The van der Waals surface area contributed by atoms with E-state index in [1.807, 2.05) is 50.4 Å². The Hall–Kier alpha value is -2.64. The highest BCUT2D eigenvalue weighted by atomic mass is 79.9. The first-order chi connectivity index (χ1) is 14.8. The molecule has 1 amide bonds. The number of carbonyl (C=O) groups is 2. The summed E-state index contributed by atoms with van der Waals surface area (Å²) < 4.78 is 11.8. The fourth-order valence-corrected chi connectivity index (χ4v) is 4.40. The van der Waals surface area contributed by atoms with E-state index in [2.05, 4.69) is 27.3 Å². The molecule has 2 aromatic carbocycles. The predicted octanol–water partition coefficient (Wildman–Crippen LogP) is 6.30. The molecule has 0 fully saturated rings. The Labute approximate surface area is 194 Å². The van der Waals surface area contributed by atoms with Crippen molar-refractivity contribution < 1.29 is 19.1 Å². The van der Waals surface area contributed by atoms with Crippen molar-refractivity contribution in [2.45, 2.75) is 27.7 Å². The molecule has 0 atom stereocenters. The summed E-state index contributed by atoms with van der Waals surface area (Å²) in [4.78, 5) is 25.3. The zero-order valence-corrected chi connectivity index (χ0v) is 20.3. The van der Waals surface area contributed by atoms with Gasteiger partial charge in [0.15, 0.2) is 6.61 Å². The van der Waals surface area contributed by atoms with Gasteiger partial charge in [-0.15, -0.1) is 11.3 Å². The number of nitrogens with one attached hydrogen (secondary N) is 1. The number of hydrogen-bond donors (Lipinski definition) is 1. The van der Waals surface area contributed by atoms with Crippen LogP contribution in [0.3, 0.4) is 0 Å². The van der Waals surface area contributed by atoms with Crippen LogP contribution >= 0.6 is 27.3 Å². The molecule has 1 heterocycles. The van der Waals surface area contributed by atoms with Crippen LogP contribution < -0.4 is 10.1 Å². The molecule has 0 unspecified atom stereocenters. The van der Waals surface area contributed by atoms with E-state index in [0.717, 1.165) is 32.3 Å². The Morgan fingerprint density at radius 3 is 2.48 bits per heavy atom. The highest BCUT2D eigenvalue weighted by Gasteiger charge is 2.23. The predicted molar refractivity (Wildman–Crippen MR) is 128 cm³/mol. The maximum atomic E-state index is 12.7. The topological polar surface area (TPSA) is 64.6 Å². The Bertz CT molecular complexity index is 1120. The van der Waals surface area contributed by atoms with Crippen molar-refractivity contribution >= 4 is 44.1 Å². The highest BCUT2D eigenvalue weighted by molar-refractivity contribution is 9.10. The third-order valence-corrected chi connectivity index (χ3v) is 6.48. The van der Waals surface area contributed by atoms with Gasteiger partial charge in [-0.3, -0.25) is 4.79 Å². The van der Waals surface area contributed by atoms with Crippen molar-refractivity contribution in [1.29, 1.82) is 0 Å². The third-order valence-electron chi connectivity index (χ3n) is 4.69. The number of halogens is 1. The average Bonchev–Trinajstić information content (AvgIpc) is 3.12.